The Morgan fingerprint density at radius 3 is 2.69 bits per heavy atom. The lowest BCUT2D eigenvalue weighted by Crippen LogP contribution is -2.42. The van der Waals surface area contributed by atoms with Crippen LogP contribution in [0, 0.1) is 0 Å². The number of benzene rings is 1. The fourth-order valence-electron chi connectivity index (χ4n) is 2.13. The van der Waals surface area contributed by atoms with Gasteiger partial charge in [0.15, 0.2) is 6.61 Å². The van der Waals surface area contributed by atoms with Gasteiger partial charge in [-0.2, -0.15) is 0 Å². The number of nitrogens with zero attached hydrogens (tertiary/aromatic N) is 1. The number of carbonyl (C=O) groups is 4. The van der Waals surface area contributed by atoms with E-state index in [1.165, 1.54) is 20.1 Å². The molecule has 8 nitrogen and oxygen atoms in total. The largest absolute Gasteiger partial charge is 0.481 e. The quantitative estimate of drug-likeness (QED) is 0.527. The molecular formula is C16H14BrNO7S. The van der Waals surface area contributed by atoms with Crippen molar-refractivity contribution in [2.45, 2.75) is 13.0 Å². The normalized spacial score (nSPS) is 16.7. The standard InChI is InChI=1S/C16H14BrNO7S/c1-8(15(22)24-2)18-14(21)12(26-16(18)23)6-9-5-10(17)3-4-11(9)25-7-13(19)20/h3-6,8H,7H2,1-2H3,(H,19,20)/b12-6+/t8-/m0/s1. The molecule has 1 N–H and O–H groups in total. The molecule has 1 aromatic rings. The van der Waals surface area contributed by atoms with Gasteiger partial charge in [0.25, 0.3) is 11.1 Å². The molecule has 0 saturated carbocycles. The first-order valence-electron chi connectivity index (χ1n) is 7.23. The van der Waals surface area contributed by atoms with Crippen LogP contribution in [0.25, 0.3) is 6.08 Å². The van der Waals surface area contributed by atoms with Crippen LogP contribution in [-0.4, -0.2) is 52.8 Å². The molecule has 0 bridgehead atoms. The molecule has 1 atom stereocenters. The van der Waals surface area contributed by atoms with Gasteiger partial charge in [0.1, 0.15) is 11.8 Å². The number of hydrogen-bond acceptors (Lipinski definition) is 7. The molecule has 0 unspecified atom stereocenters. The molecule has 0 aromatic heterocycles. The summed E-state index contributed by atoms with van der Waals surface area (Å²) in [5.74, 6) is -2.25. The number of thioether (sulfide) groups is 1. The van der Waals surface area contributed by atoms with E-state index in [0.717, 1.165) is 4.90 Å². The molecule has 1 aliphatic heterocycles. The summed E-state index contributed by atoms with van der Waals surface area (Å²) in [6.07, 6.45) is 1.41. The molecule has 0 spiro atoms. The molecule has 10 heteroatoms. The monoisotopic (exact) mass is 443 g/mol. The van der Waals surface area contributed by atoms with E-state index in [2.05, 4.69) is 20.7 Å². The predicted molar refractivity (Wildman–Crippen MR) is 96.6 cm³/mol. The van der Waals surface area contributed by atoms with Gasteiger partial charge in [-0.1, -0.05) is 15.9 Å². The zero-order valence-corrected chi connectivity index (χ0v) is 16.1. The second-order valence-electron chi connectivity index (χ2n) is 5.12. The maximum Gasteiger partial charge on any atom is 0.341 e. The molecule has 0 radical (unpaired) electrons. The van der Waals surface area contributed by atoms with Crippen molar-refractivity contribution in [3.63, 3.8) is 0 Å². The number of aliphatic carboxylic acids is 1. The van der Waals surface area contributed by atoms with Crippen LogP contribution < -0.4 is 4.74 Å². The second kappa shape index (κ2) is 8.37. The third-order valence-electron chi connectivity index (χ3n) is 3.36. The number of amides is 2. The van der Waals surface area contributed by atoms with Crippen molar-refractivity contribution in [3.05, 3.63) is 33.1 Å². The zero-order valence-electron chi connectivity index (χ0n) is 13.7. The minimum atomic E-state index is -1.15. The molecule has 1 aliphatic rings. The molecular weight excluding hydrogens is 430 g/mol. The van der Waals surface area contributed by atoms with Gasteiger partial charge in [0, 0.05) is 10.0 Å². The number of carboxylic acids is 1. The minimum absolute atomic E-state index is 0.0871. The number of carbonyl (C=O) groups excluding carboxylic acids is 3. The first kappa shape index (κ1) is 20.0. The average Bonchev–Trinajstić information content (AvgIpc) is 2.86. The van der Waals surface area contributed by atoms with Crippen molar-refractivity contribution in [2.24, 2.45) is 0 Å². The summed E-state index contributed by atoms with van der Waals surface area (Å²) in [6.45, 7) is 0.842. The third-order valence-corrected chi connectivity index (χ3v) is 4.74. The fraction of sp³-hybridized carbons (Fsp3) is 0.250. The number of carboxylic acid groups (broad SMARTS) is 1. The van der Waals surface area contributed by atoms with Crippen LogP contribution in [0.2, 0.25) is 0 Å². The Morgan fingerprint density at radius 1 is 1.38 bits per heavy atom. The molecule has 1 aromatic carbocycles. The molecule has 1 heterocycles. The average molecular weight is 444 g/mol. The molecule has 1 fully saturated rings. The number of hydrogen-bond donors (Lipinski definition) is 1. The summed E-state index contributed by atoms with van der Waals surface area (Å²) in [4.78, 5) is 47.8. The van der Waals surface area contributed by atoms with E-state index in [4.69, 9.17) is 9.84 Å². The van der Waals surface area contributed by atoms with E-state index >= 15 is 0 Å². The van der Waals surface area contributed by atoms with Crippen molar-refractivity contribution in [3.8, 4) is 5.75 Å². The fourth-order valence-corrected chi connectivity index (χ4v) is 3.41. The lowest BCUT2D eigenvalue weighted by Gasteiger charge is -2.18. The minimum Gasteiger partial charge on any atom is -0.481 e. The maximum atomic E-state index is 12.5. The van der Waals surface area contributed by atoms with Gasteiger partial charge in [-0.25, -0.2) is 9.59 Å². The Kier molecular flexibility index (Phi) is 6.43. The Hall–Kier alpha value is -2.33. The number of methoxy groups -OCH3 is 1. The summed E-state index contributed by atoms with van der Waals surface area (Å²) in [7, 11) is 1.17. The molecule has 0 aliphatic carbocycles. The van der Waals surface area contributed by atoms with Crippen molar-refractivity contribution in [1.29, 1.82) is 0 Å². The summed E-state index contributed by atoms with van der Waals surface area (Å²) in [5, 5.41) is 8.15. The lowest BCUT2D eigenvalue weighted by molar-refractivity contribution is -0.148. The summed E-state index contributed by atoms with van der Waals surface area (Å²) in [5.41, 5.74) is 0.414. The number of ether oxygens (including phenoxy) is 2. The lowest BCUT2D eigenvalue weighted by atomic mass is 10.1. The van der Waals surface area contributed by atoms with Crippen molar-refractivity contribution in [1.82, 2.24) is 4.90 Å². The van der Waals surface area contributed by atoms with Gasteiger partial charge >= 0.3 is 11.9 Å². The smallest absolute Gasteiger partial charge is 0.341 e. The van der Waals surface area contributed by atoms with Crippen LogP contribution in [0.3, 0.4) is 0 Å². The topological polar surface area (TPSA) is 110 Å². The SMILES string of the molecule is COC(=O)[C@H](C)N1C(=O)S/C(=C/c2cc(Br)ccc2OCC(=O)O)C1=O. The van der Waals surface area contributed by atoms with Crippen LogP contribution in [0.1, 0.15) is 12.5 Å². The van der Waals surface area contributed by atoms with Crippen LogP contribution in [0.5, 0.6) is 5.75 Å². The summed E-state index contributed by atoms with van der Waals surface area (Å²) in [6, 6.07) is 3.76. The summed E-state index contributed by atoms with van der Waals surface area (Å²) < 4.78 is 10.4. The Bertz CT molecular complexity index is 808. The number of esters is 1. The van der Waals surface area contributed by atoms with Crippen LogP contribution >= 0.6 is 27.7 Å². The number of imide groups is 1. The third kappa shape index (κ3) is 4.44. The Morgan fingerprint density at radius 2 is 2.08 bits per heavy atom. The van der Waals surface area contributed by atoms with E-state index in [1.807, 2.05) is 0 Å². The van der Waals surface area contributed by atoms with Crippen molar-refractivity contribution < 1.29 is 33.8 Å². The molecule has 26 heavy (non-hydrogen) atoms. The first-order valence-corrected chi connectivity index (χ1v) is 8.84. The highest BCUT2D eigenvalue weighted by atomic mass is 79.9. The van der Waals surface area contributed by atoms with Crippen molar-refractivity contribution in [2.75, 3.05) is 13.7 Å². The Labute approximate surface area is 161 Å². The van der Waals surface area contributed by atoms with E-state index in [0.29, 0.717) is 21.8 Å². The van der Waals surface area contributed by atoms with Gasteiger partial charge in [0.05, 0.1) is 12.0 Å². The highest BCUT2D eigenvalue weighted by Crippen LogP contribution is 2.36. The highest BCUT2D eigenvalue weighted by Gasteiger charge is 2.41. The van der Waals surface area contributed by atoms with Gasteiger partial charge in [-0.15, -0.1) is 0 Å². The van der Waals surface area contributed by atoms with Crippen molar-refractivity contribution >= 4 is 56.9 Å². The van der Waals surface area contributed by atoms with Gasteiger partial charge in [-0.3, -0.25) is 14.5 Å². The molecule has 2 amide bonds. The van der Waals surface area contributed by atoms with Crippen LogP contribution in [0.15, 0.2) is 27.6 Å². The zero-order chi connectivity index (χ0) is 19.4. The van der Waals surface area contributed by atoms with E-state index in [-0.39, 0.29) is 10.7 Å². The number of rotatable bonds is 6. The van der Waals surface area contributed by atoms with E-state index < -0.39 is 35.7 Å². The van der Waals surface area contributed by atoms with Gasteiger partial charge < -0.3 is 14.6 Å². The summed E-state index contributed by atoms with van der Waals surface area (Å²) >= 11 is 3.96. The van der Waals surface area contributed by atoms with Crippen LogP contribution in [0.4, 0.5) is 4.79 Å². The number of halogens is 1. The molecule has 138 valence electrons. The molecule has 2 rings (SSSR count). The maximum absolute atomic E-state index is 12.5. The van der Waals surface area contributed by atoms with E-state index in [1.54, 1.807) is 18.2 Å². The molecule has 1 saturated heterocycles. The van der Waals surface area contributed by atoms with Crippen LogP contribution in [-0.2, 0) is 19.1 Å². The van der Waals surface area contributed by atoms with Gasteiger partial charge in [-0.05, 0) is 43.0 Å². The highest BCUT2D eigenvalue weighted by molar-refractivity contribution is 9.10. The van der Waals surface area contributed by atoms with E-state index in [9.17, 15) is 19.2 Å². The predicted octanol–water partition coefficient (Wildman–Crippen LogP) is 2.51. The Balaban J connectivity index is 2.34. The second-order valence-corrected chi connectivity index (χ2v) is 7.02. The van der Waals surface area contributed by atoms with Gasteiger partial charge in [0.2, 0.25) is 0 Å². The first-order chi connectivity index (χ1) is 12.2.